The van der Waals surface area contributed by atoms with Crippen molar-refractivity contribution >= 4 is 57.1 Å². The third-order valence-electron chi connectivity index (χ3n) is 3.98. The highest BCUT2D eigenvalue weighted by molar-refractivity contribution is 14.1. The van der Waals surface area contributed by atoms with Crippen molar-refractivity contribution in [1.29, 1.82) is 0 Å². The second kappa shape index (κ2) is 6.27. The van der Waals surface area contributed by atoms with Crippen LogP contribution in [0.2, 0.25) is 0 Å². The maximum atomic E-state index is 12.7. The van der Waals surface area contributed by atoms with Crippen molar-refractivity contribution in [3.63, 3.8) is 0 Å². The molecule has 5 nitrogen and oxygen atoms in total. The van der Waals surface area contributed by atoms with E-state index in [1.165, 1.54) is 4.90 Å². The third-order valence-corrected chi connectivity index (χ3v) is 5.42. The van der Waals surface area contributed by atoms with Crippen LogP contribution in [0.5, 0.6) is 5.75 Å². The lowest BCUT2D eigenvalue weighted by Crippen LogP contribution is -2.52. The average molecular weight is 515 g/mol. The molecule has 114 valence electrons. The molecule has 1 aliphatic rings. The summed E-state index contributed by atoms with van der Waals surface area (Å²) in [6.07, 6.45) is 1.47. The van der Waals surface area contributed by atoms with E-state index in [2.05, 4.69) is 22.6 Å². The number of likely N-dealkylation sites (tertiary alicyclic amines) is 1. The van der Waals surface area contributed by atoms with E-state index < -0.39 is 17.4 Å². The van der Waals surface area contributed by atoms with E-state index in [1.54, 1.807) is 19.1 Å². The van der Waals surface area contributed by atoms with Gasteiger partial charge in [0.15, 0.2) is 0 Å². The van der Waals surface area contributed by atoms with Crippen LogP contribution in [-0.2, 0) is 4.79 Å². The summed E-state index contributed by atoms with van der Waals surface area (Å²) < 4.78 is 1.41. The predicted octanol–water partition coefficient (Wildman–Crippen LogP) is 3.07. The zero-order valence-electron chi connectivity index (χ0n) is 11.4. The maximum Gasteiger partial charge on any atom is 0.329 e. The lowest BCUT2D eigenvalue weighted by Gasteiger charge is -2.34. The Labute approximate surface area is 150 Å². The monoisotopic (exact) mass is 515 g/mol. The summed E-state index contributed by atoms with van der Waals surface area (Å²) >= 11 is 4.03. The highest BCUT2D eigenvalue weighted by atomic mass is 127. The Kier molecular flexibility index (Phi) is 5.01. The van der Waals surface area contributed by atoms with E-state index >= 15 is 0 Å². The normalized spacial score (nSPS) is 21.6. The number of hydrogen-bond donors (Lipinski definition) is 2. The maximum absolute atomic E-state index is 12.7. The number of hydrogen-bond acceptors (Lipinski definition) is 3. The van der Waals surface area contributed by atoms with Gasteiger partial charge >= 0.3 is 5.97 Å². The average Bonchev–Trinajstić information content (AvgIpc) is 2.87. The van der Waals surface area contributed by atoms with Crippen LogP contribution in [0.4, 0.5) is 0 Å². The zero-order chi connectivity index (χ0) is 15.8. The number of aliphatic carboxylic acids is 1. The highest BCUT2D eigenvalue weighted by Crippen LogP contribution is 2.36. The minimum atomic E-state index is -1.16. The Hall–Kier alpha value is -0.580. The van der Waals surface area contributed by atoms with E-state index in [0.717, 1.165) is 3.57 Å². The van der Waals surface area contributed by atoms with Gasteiger partial charge < -0.3 is 15.1 Å². The number of phenolic OH excluding ortho intramolecular Hbond substituents is 1. The van der Waals surface area contributed by atoms with Gasteiger partial charge in [0.05, 0.1) is 9.13 Å². The molecule has 0 radical (unpaired) electrons. The van der Waals surface area contributed by atoms with Crippen molar-refractivity contribution in [2.24, 2.45) is 0 Å². The highest BCUT2D eigenvalue weighted by Gasteiger charge is 2.49. The van der Waals surface area contributed by atoms with Crippen LogP contribution < -0.4 is 0 Å². The number of halogens is 2. The number of benzene rings is 1. The van der Waals surface area contributed by atoms with Crippen LogP contribution in [0.1, 0.15) is 36.5 Å². The van der Waals surface area contributed by atoms with E-state index in [1.807, 2.05) is 22.6 Å². The largest absolute Gasteiger partial charge is 0.506 e. The van der Waals surface area contributed by atoms with Crippen LogP contribution in [0, 0.1) is 7.14 Å². The second-order valence-electron chi connectivity index (χ2n) is 5.03. The molecule has 0 aromatic heterocycles. The van der Waals surface area contributed by atoms with Crippen molar-refractivity contribution < 1.29 is 19.8 Å². The standard InChI is InChI=1S/C14H15I2NO4/c1-2-14(13(20)21)4-3-5-17(14)12(19)9-6-8(15)7-10(16)11(9)18/h6-7,18H,2-5H2,1H3,(H,20,21). The minimum absolute atomic E-state index is 0.0803. The lowest BCUT2D eigenvalue weighted by molar-refractivity contribution is -0.148. The van der Waals surface area contributed by atoms with Gasteiger partial charge in [-0.15, -0.1) is 0 Å². The summed E-state index contributed by atoms with van der Waals surface area (Å²) in [7, 11) is 0. The Balaban J connectivity index is 2.47. The molecule has 1 heterocycles. The smallest absolute Gasteiger partial charge is 0.329 e. The fraction of sp³-hybridized carbons (Fsp3) is 0.429. The van der Waals surface area contributed by atoms with Gasteiger partial charge in [0.2, 0.25) is 0 Å². The molecule has 0 saturated carbocycles. The molecule has 1 saturated heterocycles. The number of aromatic hydroxyl groups is 1. The van der Waals surface area contributed by atoms with Crippen LogP contribution >= 0.6 is 45.2 Å². The summed E-state index contributed by atoms with van der Waals surface area (Å²) in [4.78, 5) is 25.8. The molecular formula is C14H15I2NO4. The Morgan fingerprint density at radius 3 is 2.62 bits per heavy atom. The second-order valence-corrected chi connectivity index (χ2v) is 7.44. The number of nitrogens with zero attached hydrogens (tertiary/aromatic N) is 1. The van der Waals surface area contributed by atoms with Gasteiger partial charge in [-0.05, 0) is 76.6 Å². The lowest BCUT2D eigenvalue weighted by atomic mass is 9.92. The van der Waals surface area contributed by atoms with E-state index in [9.17, 15) is 19.8 Å². The van der Waals surface area contributed by atoms with Crippen LogP contribution in [0.15, 0.2) is 12.1 Å². The summed E-state index contributed by atoms with van der Waals surface area (Å²) in [5.74, 6) is -1.47. The van der Waals surface area contributed by atoms with Gasteiger partial charge in [0.25, 0.3) is 5.91 Å². The molecule has 1 amide bonds. The fourth-order valence-electron chi connectivity index (χ4n) is 2.79. The molecule has 1 aromatic rings. The summed E-state index contributed by atoms with van der Waals surface area (Å²) in [6, 6.07) is 3.36. The van der Waals surface area contributed by atoms with Gasteiger partial charge in [-0.1, -0.05) is 6.92 Å². The number of rotatable bonds is 3. The molecule has 1 unspecified atom stereocenters. The van der Waals surface area contributed by atoms with Crippen molar-refractivity contribution in [3.8, 4) is 5.75 Å². The molecule has 7 heteroatoms. The molecule has 1 aliphatic heterocycles. The van der Waals surface area contributed by atoms with Gasteiger partial charge in [-0.3, -0.25) is 4.79 Å². The molecule has 0 spiro atoms. The van der Waals surface area contributed by atoms with Gasteiger partial charge in [0, 0.05) is 10.1 Å². The van der Waals surface area contributed by atoms with Crippen LogP contribution in [0.3, 0.4) is 0 Å². The van der Waals surface area contributed by atoms with Gasteiger partial charge in [0.1, 0.15) is 11.3 Å². The molecule has 21 heavy (non-hydrogen) atoms. The molecule has 1 aromatic carbocycles. The molecule has 2 rings (SSSR count). The van der Waals surface area contributed by atoms with E-state index in [4.69, 9.17) is 0 Å². The van der Waals surface area contributed by atoms with E-state index in [-0.39, 0.29) is 11.3 Å². The fourth-order valence-corrected chi connectivity index (χ4v) is 4.63. The zero-order valence-corrected chi connectivity index (χ0v) is 15.7. The van der Waals surface area contributed by atoms with E-state index in [0.29, 0.717) is 29.4 Å². The number of amides is 1. The summed E-state index contributed by atoms with van der Waals surface area (Å²) in [6.45, 7) is 2.18. The summed E-state index contributed by atoms with van der Waals surface area (Å²) in [5.41, 5.74) is -0.983. The Morgan fingerprint density at radius 1 is 1.38 bits per heavy atom. The molecule has 0 aliphatic carbocycles. The number of carbonyl (C=O) groups excluding carboxylic acids is 1. The first-order valence-corrected chi connectivity index (χ1v) is 8.72. The SMILES string of the molecule is CCC1(C(=O)O)CCCN1C(=O)c1cc(I)cc(I)c1O. The molecule has 1 fully saturated rings. The van der Waals surface area contributed by atoms with Crippen molar-refractivity contribution in [1.82, 2.24) is 4.90 Å². The molecular weight excluding hydrogens is 500 g/mol. The number of phenols is 1. The van der Waals surface area contributed by atoms with Crippen molar-refractivity contribution in [2.45, 2.75) is 31.7 Å². The molecule has 2 N–H and O–H groups in total. The quantitative estimate of drug-likeness (QED) is 0.608. The van der Waals surface area contributed by atoms with Crippen molar-refractivity contribution in [2.75, 3.05) is 6.54 Å². The number of carboxylic acid groups (broad SMARTS) is 1. The molecule has 1 atom stereocenters. The first-order valence-electron chi connectivity index (χ1n) is 6.57. The minimum Gasteiger partial charge on any atom is -0.506 e. The summed E-state index contributed by atoms with van der Waals surface area (Å²) in [5, 5.41) is 19.7. The predicted molar refractivity (Wildman–Crippen MR) is 94.5 cm³/mol. The molecule has 0 bridgehead atoms. The third kappa shape index (κ3) is 2.86. The first kappa shape index (κ1) is 16.8. The first-order chi connectivity index (χ1) is 9.83. The van der Waals surface area contributed by atoms with Gasteiger partial charge in [-0.2, -0.15) is 0 Å². The topological polar surface area (TPSA) is 77.8 Å². The van der Waals surface area contributed by atoms with Crippen molar-refractivity contribution in [3.05, 3.63) is 24.8 Å². The number of carboxylic acids is 1. The van der Waals surface area contributed by atoms with Crippen LogP contribution in [0.25, 0.3) is 0 Å². The van der Waals surface area contributed by atoms with Gasteiger partial charge in [-0.25, -0.2) is 4.79 Å². The van der Waals surface area contributed by atoms with Crippen LogP contribution in [-0.4, -0.2) is 39.1 Å². The Bertz CT molecular complexity index is 605. The number of carbonyl (C=O) groups is 2. The Morgan fingerprint density at radius 2 is 2.05 bits per heavy atom.